The van der Waals surface area contributed by atoms with Gasteiger partial charge >= 0.3 is 0 Å². The smallest absolute Gasteiger partial charge is 0.299 e. The van der Waals surface area contributed by atoms with Crippen molar-refractivity contribution in [1.29, 1.82) is 0 Å². The van der Waals surface area contributed by atoms with Crippen LogP contribution in [0.1, 0.15) is 10.4 Å². The molecule has 1 aromatic carbocycles. The van der Waals surface area contributed by atoms with Crippen LogP contribution in [0, 0.1) is 0 Å². The molecule has 0 bridgehead atoms. The van der Waals surface area contributed by atoms with E-state index in [2.05, 4.69) is 0 Å². The van der Waals surface area contributed by atoms with Gasteiger partial charge in [-0.1, -0.05) is 0 Å². The zero-order valence-corrected chi connectivity index (χ0v) is 11.0. The average Bonchev–Trinajstić information content (AvgIpc) is 2.63. The number of ether oxygens (including phenoxy) is 1. The largest absolute Gasteiger partial charge is 0.497 e. The number of hydrogen-bond acceptors (Lipinski definition) is 4. The Bertz CT molecular complexity index is 566. The molecule has 2 rings (SSSR count). The molecule has 1 aliphatic heterocycles. The SMILES string of the molecule is COc1ccc2c(c1)N(CC(=O)N(C)C)C(=O)C2=O. The monoisotopic (exact) mass is 262 g/mol. The van der Waals surface area contributed by atoms with Crippen molar-refractivity contribution in [3.8, 4) is 5.75 Å². The van der Waals surface area contributed by atoms with Crippen LogP contribution in [0.5, 0.6) is 5.75 Å². The van der Waals surface area contributed by atoms with Gasteiger partial charge in [0.05, 0.1) is 18.4 Å². The summed E-state index contributed by atoms with van der Waals surface area (Å²) in [4.78, 5) is 37.9. The van der Waals surface area contributed by atoms with Crippen LogP contribution in [0.15, 0.2) is 18.2 Å². The summed E-state index contributed by atoms with van der Waals surface area (Å²) in [7, 11) is 4.68. The van der Waals surface area contributed by atoms with E-state index in [-0.39, 0.29) is 12.5 Å². The fraction of sp³-hybridized carbons (Fsp3) is 0.308. The molecule has 0 fully saturated rings. The quantitative estimate of drug-likeness (QED) is 0.735. The average molecular weight is 262 g/mol. The number of nitrogens with zero attached hydrogens (tertiary/aromatic N) is 2. The predicted octanol–water partition coefficient (Wildman–Crippen LogP) is 0.313. The van der Waals surface area contributed by atoms with E-state index < -0.39 is 11.7 Å². The third-order valence-corrected chi connectivity index (χ3v) is 2.97. The number of anilines is 1. The molecule has 6 heteroatoms. The molecule has 2 amide bonds. The van der Waals surface area contributed by atoms with Crippen LogP contribution in [-0.2, 0) is 9.59 Å². The first-order chi connectivity index (χ1) is 8.95. The van der Waals surface area contributed by atoms with Gasteiger partial charge in [-0.25, -0.2) is 0 Å². The van der Waals surface area contributed by atoms with Crippen molar-refractivity contribution in [2.24, 2.45) is 0 Å². The van der Waals surface area contributed by atoms with Crippen LogP contribution in [0.4, 0.5) is 5.69 Å². The topological polar surface area (TPSA) is 66.9 Å². The highest BCUT2D eigenvalue weighted by Crippen LogP contribution is 2.32. The molecule has 0 N–H and O–H groups in total. The van der Waals surface area contributed by atoms with Crippen molar-refractivity contribution in [2.45, 2.75) is 0 Å². The number of benzene rings is 1. The summed E-state index contributed by atoms with van der Waals surface area (Å²) >= 11 is 0. The lowest BCUT2D eigenvalue weighted by Gasteiger charge is -2.19. The van der Waals surface area contributed by atoms with Gasteiger partial charge in [0.15, 0.2) is 0 Å². The van der Waals surface area contributed by atoms with Crippen LogP contribution >= 0.6 is 0 Å². The summed E-state index contributed by atoms with van der Waals surface area (Å²) in [6.45, 7) is -0.155. The molecule has 0 spiro atoms. The normalized spacial score (nSPS) is 13.5. The van der Waals surface area contributed by atoms with E-state index in [1.165, 1.54) is 23.0 Å². The van der Waals surface area contributed by atoms with Gasteiger partial charge in [0.25, 0.3) is 11.7 Å². The first kappa shape index (κ1) is 13.1. The number of likely N-dealkylation sites (N-methyl/N-ethyl adjacent to an activating group) is 1. The number of fused-ring (bicyclic) bond motifs is 1. The van der Waals surface area contributed by atoms with E-state index in [4.69, 9.17) is 4.74 Å². The first-order valence-corrected chi connectivity index (χ1v) is 5.70. The maximum absolute atomic E-state index is 11.9. The third-order valence-electron chi connectivity index (χ3n) is 2.97. The van der Waals surface area contributed by atoms with Crippen LogP contribution in [0.2, 0.25) is 0 Å². The number of ketones is 1. The minimum atomic E-state index is -0.682. The molecule has 0 aliphatic carbocycles. The molecule has 0 saturated heterocycles. The van der Waals surface area contributed by atoms with Crippen molar-refractivity contribution >= 4 is 23.3 Å². The zero-order valence-electron chi connectivity index (χ0n) is 11.0. The van der Waals surface area contributed by atoms with E-state index in [1.54, 1.807) is 26.2 Å². The van der Waals surface area contributed by atoms with Crippen molar-refractivity contribution in [3.63, 3.8) is 0 Å². The number of methoxy groups -OCH3 is 1. The summed E-state index contributed by atoms with van der Waals surface area (Å²) in [5.41, 5.74) is 0.724. The molecule has 0 radical (unpaired) electrons. The van der Waals surface area contributed by atoms with Gasteiger partial charge in [-0.05, 0) is 12.1 Å². The minimum Gasteiger partial charge on any atom is -0.497 e. The molecule has 0 atom stereocenters. The Morgan fingerprint density at radius 1 is 1.32 bits per heavy atom. The molecule has 19 heavy (non-hydrogen) atoms. The molecule has 6 nitrogen and oxygen atoms in total. The molecular weight excluding hydrogens is 248 g/mol. The maximum atomic E-state index is 11.9. The second kappa shape index (κ2) is 4.72. The van der Waals surface area contributed by atoms with E-state index >= 15 is 0 Å². The standard InChI is InChI=1S/C13H14N2O4/c1-14(2)11(16)7-15-10-6-8(19-3)4-5-9(10)12(17)13(15)18/h4-6H,7H2,1-3H3. The Labute approximate surface area is 110 Å². The molecule has 0 saturated carbocycles. The minimum absolute atomic E-state index is 0.155. The molecule has 1 aromatic rings. The lowest BCUT2D eigenvalue weighted by molar-refractivity contribution is -0.128. The van der Waals surface area contributed by atoms with Gasteiger partial charge in [0.2, 0.25) is 5.91 Å². The highest BCUT2D eigenvalue weighted by molar-refractivity contribution is 6.52. The number of rotatable bonds is 3. The van der Waals surface area contributed by atoms with E-state index in [0.29, 0.717) is 17.0 Å². The lowest BCUT2D eigenvalue weighted by atomic mass is 10.1. The summed E-state index contributed by atoms with van der Waals surface area (Å²) in [6.07, 6.45) is 0. The highest BCUT2D eigenvalue weighted by Gasteiger charge is 2.37. The van der Waals surface area contributed by atoms with Gasteiger partial charge in [-0.2, -0.15) is 0 Å². The van der Waals surface area contributed by atoms with Gasteiger partial charge in [0.1, 0.15) is 12.3 Å². The number of carbonyl (C=O) groups excluding carboxylic acids is 3. The van der Waals surface area contributed by atoms with E-state index in [0.717, 1.165) is 0 Å². The highest BCUT2D eigenvalue weighted by atomic mass is 16.5. The maximum Gasteiger partial charge on any atom is 0.299 e. The summed E-state index contributed by atoms with van der Waals surface area (Å²) in [5.74, 6) is -0.997. The van der Waals surface area contributed by atoms with Crippen molar-refractivity contribution in [2.75, 3.05) is 32.6 Å². The van der Waals surface area contributed by atoms with Crippen molar-refractivity contribution < 1.29 is 19.1 Å². The number of amides is 2. The fourth-order valence-corrected chi connectivity index (χ4v) is 1.83. The number of carbonyl (C=O) groups is 3. The molecule has 1 aliphatic rings. The molecular formula is C13H14N2O4. The van der Waals surface area contributed by atoms with Crippen LogP contribution in [0.3, 0.4) is 0 Å². The Hall–Kier alpha value is -2.37. The number of Topliss-reactive ketones (excluding diaryl/α,β-unsaturated/α-hetero) is 1. The van der Waals surface area contributed by atoms with Crippen molar-refractivity contribution in [3.05, 3.63) is 23.8 Å². The summed E-state index contributed by atoms with van der Waals surface area (Å²) in [6, 6.07) is 4.73. The van der Waals surface area contributed by atoms with Gasteiger partial charge in [-0.3, -0.25) is 19.3 Å². The fourth-order valence-electron chi connectivity index (χ4n) is 1.83. The van der Waals surface area contributed by atoms with E-state index in [1.807, 2.05) is 0 Å². The molecule has 0 aromatic heterocycles. The Kier molecular flexibility index (Phi) is 3.25. The number of hydrogen-bond donors (Lipinski definition) is 0. The second-order valence-electron chi connectivity index (χ2n) is 4.39. The molecule has 1 heterocycles. The van der Waals surface area contributed by atoms with Gasteiger partial charge in [-0.15, -0.1) is 0 Å². The zero-order chi connectivity index (χ0) is 14.2. The van der Waals surface area contributed by atoms with E-state index in [9.17, 15) is 14.4 Å². The van der Waals surface area contributed by atoms with Crippen LogP contribution in [-0.4, -0.2) is 50.2 Å². The summed E-state index contributed by atoms with van der Waals surface area (Å²) < 4.78 is 5.07. The Balaban J connectivity index is 2.39. The third kappa shape index (κ3) is 2.16. The van der Waals surface area contributed by atoms with Gasteiger partial charge in [0, 0.05) is 20.2 Å². The van der Waals surface area contributed by atoms with Crippen molar-refractivity contribution in [1.82, 2.24) is 4.90 Å². The van der Waals surface area contributed by atoms with Crippen LogP contribution < -0.4 is 9.64 Å². The Morgan fingerprint density at radius 2 is 2.00 bits per heavy atom. The van der Waals surface area contributed by atoms with Crippen LogP contribution in [0.25, 0.3) is 0 Å². The molecule has 0 unspecified atom stereocenters. The second-order valence-corrected chi connectivity index (χ2v) is 4.39. The Morgan fingerprint density at radius 3 is 2.58 bits per heavy atom. The lowest BCUT2D eigenvalue weighted by Crippen LogP contribution is -2.39. The molecule has 100 valence electrons. The first-order valence-electron chi connectivity index (χ1n) is 5.70. The van der Waals surface area contributed by atoms with Gasteiger partial charge < -0.3 is 9.64 Å². The summed E-state index contributed by atoms with van der Waals surface area (Å²) in [5, 5.41) is 0. The predicted molar refractivity (Wildman–Crippen MR) is 68.4 cm³/mol.